The first kappa shape index (κ1) is 47.3. The van der Waals surface area contributed by atoms with Gasteiger partial charge in [0.1, 0.15) is 0 Å². The molecule has 0 atom stereocenters. The number of hydrogen-bond acceptors (Lipinski definition) is 6. The van der Waals surface area contributed by atoms with Crippen LogP contribution in [0.25, 0.3) is 22.3 Å². The van der Waals surface area contributed by atoms with Gasteiger partial charge in [-0.25, -0.2) is 0 Å². The molecule has 0 radical (unpaired) electrons. The molecular weight excluding hydrogens is 877 g/mol. The Labute approximate surface area is 333 Å². The van der Waals surface area contributed by atoms with Crippen LogP contribution in [0.3, 0.4) is 0 Å². The van der Waals surface area contributed by atoms with E-state index >= 15 is 0 Å². The topological polar surface area (TPSA) is 93.6 Å². The molecule has 48 heavy (non-hydrogen) atoms. The maximum atomic E-state index is 12.1. The van der Waals surface area contributed by atoms with Crippen LogP contribution in [0.5, 0.6) is 0 Å². The zero-order chi connectivity index (χ0) is 29.8. The summed E-state index contributed by atoms with van der Waals surface area (Å²) < 4.78 is 0. The number of nitro benzene ring substituents is 1. The Morgan fingerprint density at radius 3 is 1.25 bits per heavy atom. The molecular formula is C35H31Cl4N5O2Pd2-4. The summed E-state index contributed by atoms with van der Waals surface area (Å²) in [6.07, 6.45) is 6.97. The van der Waals surface area contributed by atoms with Crippen molar-refractivity contribution >= 4 is 29.5 Å². The molecule has 0 unspecified atom stereocenters. The number of hydrogen-bond donors (Lipinski definition) is 0. The van der Waals surface area contributed by atoms with Crippen LogP contribution >= 0.6 is 0 Å². The number of benzene rings is 3. The van der Waals surface area contributed by atoms with Crippen molar-refractivity contribution in [1.82, 2.24) is 9.97 Å². The summed E-state index contributed by atoms with van der Waals surface area (Å²) in [7, 11) is 0. The first-order valence-electron chi connectivity index (χ1n) is 13.6. The van der Waals surface area contributed by atoms with E-state index in [1.807, 2.05) is 95.3 Å². The summed E-state index contributed by atoms with van der Waals surface area (Å²) in [4.78, 5) is 29.7. The molecule has 0 fully saturated rings. The van der Waals surface area contributed by atoms with Crippen LogP contribution in [0.4, 0.5) is 17.1 Å². The normalized spacial score (nSPS) is 10.0. The maximum absolute atomic E-state index is 12.1. The van der Waals surface area contributed by atoms with Gasteiger partial charge in [0.15, 0.2) is 0 Å². The number of non-ortho nitro benzene ring substituents is 1. The van der Waals surface area contributed by atoms with E-state index in [1.54, 1.807) is 37.0 Å². The van der Waals surface area contributed by atoms with Gasteiger partial charge in [-0.1, -0.05) is 12.1 Å². The molecule has 7 nitrogen and oxygen atoms in total. The molecule has 3 aromatic carbocycles. The summed E-state index contributed by atoms with van der Waals surface area (Å²) in [6, 6.07) is 22.9. The molecule has 0 aliphatic carbocycles. The second kappa shape index (κ2) is 21.3. The molecule has 0 saturated heterocycles. The van der Waals surface area contributed by atoms with Crippen LogP contribution in [0.15, 0.2) is 95.2 Å². The van der Waals surface area contributed by atoms with E-state index in [2.05, 4.69) is 9.97 Å². The van der Waals surface area contributed by atoms with E-state index in [1.165, 1.54) is 0 Å². The van der Waals surface area contributed by atoms with Crippen molar-refractivity contribution in [2.75, 3.05) is 0 Å². The van der Waals surface area contributed by atoms with Crippen molar-refractivity contribution in [3.8, 4) is 22.3 Å². The molecule has 13 heteroatoms. The van der Waals surface area contributed by atoms with Gasteiger partial charge >= 0.3 is 0 Å². The van der Waals surface area contributed by atoms with Crippen molar-refractivity contribution in [1.29, 1.82) is 0 Å². The van der Waals surface area contributed by atoms with Crippen molar-refractivity contribution in [3.05, 3.63) is 135 Å². The Morgan fingerprint density at radius 1 is 0.604 bits per heavy atom. The Morgan fingerprint density at radius 2 is 0.958 bits per heavy atom. The van der Waals surface area contributed by atoms with Crippen LogP contribution in [0.1, 0.15) is 39.2 Å². The van der Waals surface area contributed by atoms with E-state index < -0.39 is 0 Å². The largest absolute Gasteiger partial charge is 1.00 e. The maximum Gasteiger partial charge on any atom is 0.270 e. The van der Waals surface area contributed by atoms with Gasteiger partial charge < -0.3 is 49.6 Å². The average molecular weight is 908 g/mol. The molecule has 0 amide bonds. The van der Waals surface area contributed by atoms with Gasteiger partial charge in [-0.05, 0) is 133 Å². The second-order valence-electron chi connectivity index (χ2n) is 10.4. The summed E-state index contributed by atoms with van der Waals surface area (Å²) >= 11 is 0. The predicted octanol–water partition coefficient (Wildman–Crippen LogP) is -3.23. The minimum absolute atomic E-state index is 0. The quantitative estimate of drug-likeness (QED) is 0.0745. The van der Waals surface area contributed by atoms with Crippen molar-refractivity contribution in [3.63, 3.8) is 0 Å². The third-order valence-corrected chi connectivity index (χ3v) is 7.23. The molecule has 0 aliphatic heterocycles. The number of aliphatic imine (C=N–C) groups is 2. The third-order valence-electron chi connectivity index (χ3n) is 7.23. The second-order valence-corrected chi connectivity index (χ2v) is 10.4. The molecule has 0 bridgehead atoms. The van der Waals surface area contributed by atoms with Gasteiger partial charge in [0.2, 0.25) is 0 Å². The molecule has 0 aliphatic rings. The van der Waals surface area contributed by atoms with E-state index in [9.17, 15) is 10.1 Å². The fourth-order valence-electron chi connectivity index (χ4n) is 5.20. The Hall–Kier alpha value is -2.82. The van der Waals surface area contributed by atoms with E-state index in [0.29, 0.717) is 0 Å². The van der Waals surface area contributed by atoms with Crippen LogP contribution < -0.4 is 49.6 Å². The first-order valence-corrected chi connectivity index (χ1v) is 13.6. The fraction of sp³-hybridized carbons (Fsp3) is 0.143. The van der Waals surface area contributed by atoms with Crippen LogP contribution in [-0.4, -0.2) is 27.3 Å². The summed E-state index contributed by atoms with van der Waals surface area (Å²) in [5, 5.41) is 12.1. The van der Waals surface area contributed by atoms with E-state index in [-0.39, 0.29) is 101 Å². The Bertz CT molecular complexity index is 1700. The zero-order valence-corrected chi connectivity index (χ0v) is 32.6. The molecule has 2 heterocycles. The molecule has 5 aromatic rings. The first-order chi connectivity index (χ1) is 20.2. The molecule has 260 valence electrons. The monoisotopic (exact) mass is 905 g/mol. The predicted molar refractivity (Wildman–Crippen MR) is 171 cm³/mol. The Kier molecular flexibility index (Phi) is 21.0. The van der Waals surface area contributed by atoms with E-state index in [0.717, 1.165) is 72.8 Å². The van der Waals surface area contributed by atoms with Crippen LogP contribution in [-0.2, 0) is 40.8 Å². The average Bonchev–Trinajstić information content (AvgIpc) is 2.97. The minimum atomic E-state index is -0.330. The van der Waals surface area contributed by atoms with Gasteiger partial charge in [-0.15, -0.1) is 0 Å². The summed E-state index contributed by atoms with van der Waals surface area (Å²) in [6.45, 7) is 10.0. The van der Waals surface area contributed by atoms with Crippen molar-refractivity contribution in [2.24, 2.45) is 9.98 Å². The van der Waals surface area contributed by atoms with Gasteiger partial charge in [-0.2, -0.15) is 0 Å². The molecule has 0 spiro atoms. The smallest absolute Gasteiger partial charge is 0.270 e. The number of nitro groups is 1. The standard InChI is InChI=1S/C35H31N5O2.4ClH.2Pd/c1-22-14-27(15-23(2)34(22)38-20-29-10-6-8-12-36-29)32-18-31(40(41)42)19-33(26(32)5)28-16-24(3)35(25(4)17-28)39-21-30-11-7-9-13-37-30;;;;;;/h6-21H,1-5H3;4*1H;;/p-4. The molecule has 0 saturated carbocycles. The van der Waals surface area contributed by atoms with Crippen molar-refractivity contribution in [2.45, 2.75) is 34.6 Å². The molecule has 5 rings (SSSR count). The van der Waals surface area contributed by atoms with Crippen LogP contribution in [0, 0.1) is 44.7 Å². The molecule has 2 aromatic heterocycles. The fourth-order valence-corrected chi connectivity index (χ4v) is 5.20. The SMILES string of the molecule is Cc1cc(-c2cc([N+](=O)[O-])cc(-c3cc(C)c(N=Cc4ccccn4)c(C)c3)c2C)cc(C)c1N=Cc1ccccn1.[Cl-].[Cl-].[Cl-].[Cl-].[Pd].[Pd]. The van der Waals surface area contributed by atoms with Gasteiger partial charge in [0.05, 0.1) is 40.1 Å². The molecule has 0 N–H and O–H groups in total. The minimum Gasteiger partial charge on any atom is -1.00 e. The number of nitrogens with zero attached hydrogens (tertiary/aromatic N) is 5. The summed E-state index contributed by atoms with van der Waals surface area (Å²) in [5.41, 5.74) is 11.7. The zero-order valence-electron chi connectivity index (χ0n) is 26.4. The van der Waals surface area contributed by atoms with Gasteiger partial charge in [0.25, 0.3) is 5.69 Å². The number of rotatable bonds is 7. The van der Waals surface area contributed by atoms with Gasteiger partial charge in [0, 0.05) is 65.4 Å². The number of aryl methyl sites for hydroxylation is 4. The number of halogens is 4. The number of pyridine rings is 2. The van der Waals surface area contributed by atoms with E-state index in [4.69, 9.17) is 9.98 Å². The van der Waals surface area contributed by atoms with Crippen LogP contribution in [0.2, 0.25) is 0 Å². The van der Waals surface area contributed by atoms with Crippen molar-refractivity contribution < 1.29 is 95.4 Å². The number of aromatic nitrogens is 2. The Balaban J connectivity index is 0. The third kappa shape index (κ3) is 11.1. The summed E-state index contributed by atoms with van der Waals surface area (Å²) in [5.74, 6) is 0. The van der Waals surface area contributed by atoms with Gasteiger partial charge in [-0.3, -0.25) is 30.1 Å².